The standard InChI is InChI=1S/C23H25N5O4/c1-3-32-23(31)26-19-6-4-5-16(13-19)14-28-21(29)12-11-20(27-28)17-7-9-18(10-8-17)22(30)25-15-24-2/h4-13,24H,3,14-15H2,1-2H3,(H,25,30)(H,26,31). The summed E-state index contributed by atoms with van der Waals surface area (Å²) in [5.74, 6) is -0.180. The zero-order valence-corrected chi connectivity index (χ0v) is 17.9. The number of amides is 2. The van der Waals surface area contributed by atoms with Crippen LogP contribution in [-0.2, 0) is 11.3 Å². The van der Waals surface area contributed by atoms with Gasteiger partial charge in [-0.05, 0) is 49.9 Å². The zero-order valence-electron chi connectivity index (χ0n) is 17.9. The Balaban J connectivity index is 1.77. The van der Waals surface area contributed by atoms with Gasteiger partial charge >= 0.3 is 6.09 Å². The van der Waals surface area contributed by atoms with E-state index in [4.69, 9.17) is 4.74 Å². The molecule has 0 saturated heterocycles. The van der Waals surface area contributed by atoms with Crippen LogP contribution in [0.4, 0.5) is 10.5 Å². The zero-order chi connectivity index (χ0) is 22.9. The highest BCUT2D eigenvalue weighted by Crippen LogP contribution is 2.17. The van der Waals surface area contributed by atoms with Crippen LogP contribution in [0.1, 0.15) is 22.8 Å². The van der Waals surface area contributed by atoms with E-state index in [1.165, 1.54) is 10.7 Å². The Morgan fingerprint density at radius 1 is 1.06 bits per heavy atom. The topological polar surface area (TPSA) is 114 Å². The molecule has 2 amide bonds. The van der Waals surface area contributed by atoms with Crippen LogP contribution in [0.5, 0.6) is 0 Å². The fraction of sp³-hybridized carbons (Fsp3) is 0.217. The third kappa shape index (κ3) is 6.02. The monoisotopic (exact) mass is 435 g/mol. The number of hydrogen-bond donors (Lipinski definition) is 3. The maximum atomic E-state index is 12.4. The normalized spacial score (nSPS) is 10.4. The van der Waals surface area contributed by atoms with Crippen molar-refractivity contribution >= 4 is 17.7 Å². The highest BCUT2D eigenvalue weighted by atomic mass is 16.5. The molecule has 0 bridgehead atoms. The Bertz CT molecular complexity index is 1140. The number of anilines is 1. The van der Waals surface area contributed by atoms with E-state index in [0.29, 0.717) is 23.6 Å². The molecular weight excluding hydrogens is 410 g/mol. The number of hydrogen-bond acceptors (Lipinski definition) is 6. The van der Waals surface area contributed by atoms with Crippen molar-refractivity contribution in [3.63, 3.8) is 0 Å². The molecule has 1 aromatic heterocycles. The minimum Gasteiger partial charge on any atom is -0.450 e. The van der Waals surface area contributed by atoms with Gasteiger partial charge in [-0.2, -0.15) is 5.10 Å². The molecule has 0 radical (unpaired) electrons. The Kier molecular flexibility index (Phi) is 7.71. The van der Waals surface area contributed by atoms with Crippen LogP contribution in [0.15, 0.2) is 65.5 Å². The minimum absolute atomic E-state index is 0.180. The lowest BCUT2D eigenvalue weighted by Crippen LogP contribution is -2.31. The van der Waals surface area contributed by atoms with Crippen LogP contribution in [0, 0.1) is 0 Å². The average Bonchev–Trinajstić information content (AvgIpc) is 2.79. The summed E-state index contributed by atoms with van der Waals surface area (Å²) in [5, 5.41) is 12.7. The number of nitrogens with one attached hydrogen (secondary N) is 3. The lowest BCUT2D eigenvalue weighted by Gasteiger charge is -2.10. The van der Waals surface area contributed by atoms with Gasteiger partial charge in [0, 0.05) is 22.9 Å². The van der Waals surface area contributed by atoms with Crippen molar-refractivity contribution in [3.8, 4) is 11.3 Å². The van der Waals surface area contributed by atoms with Gasteiger partial charge in [-0.15, -0.1) is 0 Å². The van der Waals surface area contributed by atoms with Crippen molar-refractivity contribution in [2.45, 2.75) is 13.5 Å². The molecule has 0 aliphatic carbocycles. The second-order valence-electron chi connectivity index (χ2n) is 6.87. The Morgan fingerprint density at radius 2 is 1.84 bits per heavy atom. The molecule has 3 aromatic rings. The number of rotatable bonds is 8. The van der Waals surface area contributed by atoms with Gasteiger partial charge in [0.15, 0.2) is 0 Å². The summed E-state index contributed by atoms with van der Waals surface area (Å²) >= 11 is 0. The SMILES string of the molecule is CCOC(=O)Nc1cccc(Cn2nc(-c3ccc(C(=O)NCNC)cc3)ccc2=O)c1. The molecule has 166 valence electrons. The Morgan fingerprint density at radius 3 is 2.56 bits per heavy atom. The smallest absolute Gasteiger partial charge is 0.411 e. The predicted molar refractivity (Wildman–Crippen MR) is 122 cm³/mol. The lowest BCUT2D eigenvalue weighted by molar-refractivity contribution is 0.0951. The number of nitrogens with zero attached hydrogens (tertiary/aromatic N) is 2. The summed E-state index contributed by atoms with van der Waals surface area (Å²) in [7, 11) is 1.75. The molecule has 32 heavy (non-hydrogen) atoms. The third-order valence-electron chi connectivity index (χ3n) is 4.52. The fourth-order valence-corrected chi connectivity index (χ4v) is 2.98. The molecular formula is C23H25N5O4. The summed E-state index contributed by atoms with van der Waals surface area (Å²) in [5.41, 5.74) is 3.03. The molecule has 0 spiro atoms. The number of carbonyl (C=O) groups excluding carboxylic acids is 2. The first-order valence-electron chi connectivity index (χ1n) is 10.1. The predicted octanol–water partition coefficient (Wildman–Crippen LogP) is 2.43. The number of ether oxygens (including phenoxy) is 1. The van der Waals surface area contributed by atoms with Crippen LogP contribution in [-0.4, -0.2) is 42.1 Å². The van der Waals surface area contributed by atoms with Crippen molar-refractivity contribution in [1.82, 2.24) is 20.4 Å². The molecule has 3 N–H and O–H groups in total. The quantitative estimate of drug-likeness (QED) is 0.468. The summed E-state index contributed by atoms with van der Waals surface area (Å²) in [4.78, 5) is 36.0. The van der Waals surface area contributed by atoms with Gasteiger partial charge < -0.3 is 15.4 Å². The molecule has 0 saturated carbocycles. The van der Waals surface area contributed by atoms with Gasteiger partial charge in [-0.1, -0.05) is 24.3 Å². The van der Waals surface area contributed by atoms with E-state index < -0.39 is 6.09 Å². The number of benzene rings is 2. The molecule has 2 aromatic carbocycles. The highest BCUT2D eigenvalue weighted by molar-refractivity contribution is 5.94. The van der Waals surface area contributed by atoms with Gasteiger partial charge in [0.25, 0.3) is 11.5 Å². The van der Waals surface area contributed by atoms with E-state index in [-0.39, 0.29) is 24.6 Å². The lowest BCUT2D eigenvalue weighted by atomic mass is 10.1. The van der Waals surface area contributed by atoms with E-state index in [1.807, 2.05) is 6.07 Å². The van der Waals surface area contributed by atoms with Crippen LogP contribution >= 0.6 is 0 Å². The van der Waals surface area contributed by atoms with Gasteiger partial charge in [0.1, 0.15) is 0 Å². The van der Waals surface area contributed by atoms with Crippen molar-refractivity contribution < 1.29 is 14.3 Å². The first-order valence-corrected chi connectivity index (χ1v) is 10.1. The maximum absolute atomic E-state index is 12.4. The van der Waals surface area contributed by atoms with Gasteiger partial charge in [0.2, 0.25) is 0 Å². The van der Waals surface area contributed by atoms with Crippen LogP contribution in [0.3, 0.4) is 0 Å². The highest BCUT2D eigenvalue weighted by Gasteiger charge is 2.09. The molecule has 0 atom stereocenters. The maximum Gasteiger partial charge on any atom is 0.411 e. The molecule has 0 aliphatic heterocycles. The fourth-order valence-electron chi connectivity index (χ4n) is 2.98. The van der Waals surface area contributed by atoms with Crippen molar-refractivity contribution in [1.29, 1.82) is 0 Å². The van der Waals surface area contributed by atoms with E-state index >= 15 is 0 Å². The van der Waals surface area contributed by atoms with E-state index in [9.17, 15) is 14.4 Å². The largest absolute Gasteiger partial charge is 0.450 e. The van der Waals surface area contributed by atoms with Crippen molar-refractivity contribution in [2.75, 3.05) is 25.6 Å². The molecule has 0 fully saturated rings. The van der Waals surface area contributed by atoms with Crippen molar-refractivity contribution in [3.05, 3.63) is 82.1 Å². The summed E-state index contributed by atoms with van der Waals surface area (Å²) in [6.45, 7) is 2.62. The molecule has 1 heterocycles. The third-order valence-corrected chi connectivity index (χ3v) is 4.52. The summed E-state index contributed by atoms with van der Waals surface area (Å²) < 4.78 is 6.24. The van der Waals surface area contributed by atoms with Crippen LogP contribution in [0.2, 0.25) is 0 Å². The number of aromatic nitrogens is 2. The Hall–Kier alpha value is -3.98. The van der Waals surface area contributed by atoms with Gasteiger partial charge in [-0.3, -0.25) is 14.9 Å². The van der Waals surface area contributed by atoms with Gasteiger partial charge in [-0.25, -0.2) is 9.48 Å². The first-order chi connectivity index (χ1) is 15.5. The van der Waals surface area contributed by atoms with Crippen LogP contribution in [0.25, 0.3) is 11.3 Å². The minimum atomic E-state index is -0.537. The van der Waals surface area contributed by atoms with Gasteiger partial charge in [0.05, 0.1) is 25.5 Å². The van der Waals surface area contributed by atoms with E-state index in [1.54, 1.807) is 62.5 Å². The summed E-state index contributed by atoms with van der Waals surface area (Å²) in [6, 6.07) is 17.2. The Labute approximate surface area is 185 Å². The molecule has 9 heteroatoms. The van der Waals surface area contributed by atoms with Crippen molar-refractivity contribution in [2.24, 2.45) is 0 Å². The molecule has 0 unspecified atom stereocenters. The summed E-state index contributed by atoms with van der Waals surface area (Å²) in [6.07, 6.45) is -0.537. The van der Waals surface area contributed by atoms with Crippen LogP contribution < -0.4 is 21.5 Å². The second-order valence-corrected chi connectivity index (χ2v) is 6.87. The number of carbonyl (C=O) groups is 2. The molecule has 3 rings (SSSR count). The molecule has 9 nitrogen and oxygen atoms in total. The molecule has 0 aliphatic rings. The van der Waals surface area contributed by atoms with E-state index in [0.717, 1.165) is 11.1 Å². The second kappa shape index (κ2) is 10.9. The first kappa shape index (κ1) is 22.7. The average molecular weight is 435 g/mol. The van der Waals surface area contributed by atoms with E-state index in [2.05, 4.69) is 21.0 Å².